The Hall–Kier alpha value is -3.91. The topological polar surface area (TPSA) is 113 Å². The van der Waals surface area contributed by atoms with E-state index in [1.54, 1.807) is 24.3 Å². The van der Waals surface area contributed by atoms with E-state index in [-0.39, 0.29) is 22.8 Å². The quantitative estimate of drug-likeness (QED) is 0.0986. The molecule has 0 aromatic heterocycles. The van der Waals surface area contributed by atoms with Crippen LogP contribution in [0, 0.1) is 15.9 Å². The number of hydrogen-bond donors (Lipinski definition) is 3. The SMILES string of the molecule is CCCCNc1cc(/C=C(\C)c2c(F)cccc2Cl)ccc1O.O=C(O)c1ccc([N+](=O)[O-])cc1. The van der Waals surface area contributed by atoms with E-state index in [2.05, 4.69) is 12.2 Å². The summed E-state index contributed by atoms with van der Waals surface area (Å²) >= 11 is 6.10. The maximum absolute atomic E-state index is 14.0. The summed E-state index contributed by atoms with van der Waals surface area (Å²) in [5.74, 6) is -1.23. The van der Waals surface area contributed by atoms with E-state index in [1.165, 1.54) is 18.2 Å². The van der Waals surface area contributed by atoms with Crippen molar-refractivity contribution in [2.24, 2.45) is 0 Å². The van der Waals surface area contributed by atoms with Gasteiger partial charge in [0.1, 0.15) is 11.6 Å². The molecule has 3 aromatic carbocycles. The largest absolute Gasteiger partial charge is 0.506 e. The summed E-state index contributed by atoms with van der Waals surface area (Å²) in [6, 6.07) is 14.6. The smallest absolute Gasteiger partial charge is 0.335 e. The maximum atomic E-state index is 14.0. The Kier molecular flexibility index (Phi) is 10.2. The van der Waals surface area contributed by atoms with Gasteiger partial charge in [-0.25, -0.2) is 9.18 Å². The molecule has 0 spiro atoms. The molecule has 0 aliphatic heterocycles. The van der Waals surface area contributed by atoms with Crippen molar-refractivity contribution in [2.75, 3.05) is 11.9 Å². The minimum Gasteiger partial charge on any atom is -0.506 e. The molecule has 7 nitrogen and oxygen atoms in total. The van der Waals surface area contributed by atoms with Crippen molar-refractivity contribution in [1.29, 1.82) is 0 Å². The molecule has 0 heterocycles. The zero-order valence-electron chi connectivity index (χ0n) is 19.3. The molecular formula is C26H26ClFN2O5. The van der Waals surface area contributed by atoms with E-state index in [4.69, 9.17) is 16.7 Å². The molecule has 35 heavy (non-hydrogen) atoms. The van der Waals surface area contributed by atoms with Gasteiger partial charge in [0.05, 0.1) is 21.2 Å². The lowest BCUT2D eigenvalue weighted by Crippen LogP contribution is -2.01. The summed E-state index contributed by atoms with van der Waals surface area (Å²) in [4.78, 5) is 19.9. The normalized spacial score (nSPS) is 10.8. The monoisotopic (exact) mass is 500 g/mol. The molecular weight excluding hydrogens is 475 g/mol. The number of benzene rings is 3. The second-order valence-electron chi connectivity index (χ2n) is 7.59. The van der Waals surface area contributed by atoms with Gasteiger partial charge in [0.25, 0.3) is 5.69 Å². The number of anilines is 1. The number of non-ortho nitro benzene ring substituents is 1. The van der Waals surface area contributed by atoms with Crippen LogP contribution in [0.1, 0.15) is 48.2 Å². The number of aromatic hydroxyl groups is 1. The molecule has 0 saturated heterocycles. The third kappa shape index (κ3) is 8.12. The molecule has 184 valence electrons. The summed E-state index contributed by atoms with van der Waals surface area (Å²) in [7, 11) is 0. The molecule has 0 fully saturated rings. The summed E-state index contributed by atoms with van der Waals surface area (Å²) < 4.78 is 14.0. The maximum Gasteiger partial charge on any atom is 0.335 e. The van der Waals surface area contributed by atoms with Gasteiger partial charge < -0.3 is 15.5 Å². The number of nitrogens with one attached hydrogen (secondary N) is 1. The van der Waals surface area contributed by atoms with Gasteiger partial charge in [-0.3, -0.25) is 10.1 Å². The Labute approximate surface area is 207 Å². The molecule has 0 atom stereocenters. The van der Waals surface area contributed by atoms with E-state index in [0.717, 1.165) is 42.7 Å². The first-order valence-corrected chi connectivity index (χ1v) is 11.2. The van der Waals surface area contributed by atoms with Crippen LogP contribution in [0.25, 0.3) is 11.6 Å². The first-order chi connectivity index (χ1) is 16.6. The van der Waals surface area contributed by atoms with Gasteiger partial charge in [-0.1, -0.05) is 43.2 Å². The van der Waals surface area contributed by atoms with Crippen molar-refractivity contribution in [3.63, 3.8) is 0 Å². The van der Waals surface area contributed by atoms with Crippen molar-refractivity contribution in [2.45, 2.75) is 26.7 Å². The molecule has 0 radical (unpaired) electrons. The first kappa shape index (κ1) is 27.3. The lowest BCUT2D eigenvalue weighted by molar-refractivity contribution is -0.384. The zero-order chi connectivity index (χ0) is 26.0. The number of carbonyl (C=O) groups is 1. The Morgan fingerprint density at radius 1 is 1.17 bits per heavy atom. The van der Waals surface area contributed by atoms with Crippen molar-refractivity contribution < 1.29 is 24.3 Å². The van der Waals surface area contributed by atoms with Gasteiger partial charge in [-0.2, -0.15) is 0 Å². The Bertz CT molecular complexity index is 1160. The molecule has 0 unspecified atom stereocenters. The van der Waals surface area contributed by atoms with Gasteiger partial charge in [0.2, 0.25) is 0 Å². The number of allylic oxidation sites excluding steroid dienone is 1. The number of nitrogens with zero attached hydrogens (tertiary/aromatic N) is 1. The van der Waals surface area contributed by atoms with Crippen LogP contribution in [0.2, 0.25) is 5.02 Å². The number of hydrogen-bond acceptors (Lipinski definition) is 5. The van der Waals surface area contributed by atoms with Gasteiger partial charge in [0.15, 0.2) is 0 Å². The number of nitro benzene ring substituents is 1. The third-order valence-electron chi connectivity index (χ3n) is 4.93. The van der Waals surface area contributed by atoms with Crippen molar-refractivity contribution in [1.82, 2.24) is 0 Å². The standard InChI is InChI=1S/C19H21ClFNO.C7H5NO4/c1-3-4-10-22-17-12-14(8-9-18(17)23)11-13(2)19-15(20)6-5-7-16(19)21;9-7(10)5-1-3-6(4-2-5)8(11)12/h5-9,11-12,22-23H,3-4,10H2,1-2H3;1-4H,(H,9,10)/b13-11+;. The fraction of sp³-hybridized carbons (Fsp3) is 0.192. The molecule has 0 amide bonds. The fourth-order valence-corrected chi connectivity index (χ4v) is 3.42. The second kappa shape index (κ2) is 13.1. The van der Waals surface area contributed by atoms with E-state index >= 15 is 0 Å². The lowest BCUT2D eigenvalue weighted by Gasteiger charge is -2.10. The molecule has 0 saturated carbocycles. The van der Waals surface area contributed by atoms with Crippen LogP contribution in [0.5, 0.6) is 5.75 Å². The molecule has 3 aromatic rings. The van der Waals surface area contributed by atoms with Crippen LogP contribution in [0.15, 0.2) is 60.7 Å². The molecule has 0 aliphatic carbocycles. The molecule has 0 aliphatic rings. The highest BCUT2D eigenvalue weighted by molar-refractivity contribution is 6.32. The highest BCUT2D eigenvalue weighted by atomic mass is 35.5. The van der Waals surface area contributed by atoms with Gasteiger partial charge >= 0.3 is 5.97 Å². The first-order valence-electron chi connectivity index (χ1n) is 10.8. The van der Waals surface area contributed by atoms with E-state index in [0.29, 0.717) is 16.3 Å². The predicted molar refractivity (Wildman–Crippen MR) is 137 cm³/mol. The lowest BCUT2D eigenvalue weighted by atomic mass is 10.0. The van der Waals surface area contributed by atoms with Gasteiger partial charge in [-0.15, -0.1) is 0 Å². The van der Waals surface area contributed by atoms with Crippen molar-refractivity contribution >= 4 is 40.6 Å². The predicted octanol–water partition coefficient (Wildman–Crippen LogP) is 7.25. The number of nitro groups is 1. The number of aromatic carboxylic acids is 1. The average Bonchev–Trinajstić information content (AvgIpc) is 2.81. The number of halogens is 2. The summed E-state index contributed by atoms with van der Waals surface area (Å²) in [6.45, 7) is 4.74. The van der Waals surface area contributed by atoms with Crippen LogP contribution < -0.4 is 5.32 Å². The Balaban J connectivity index is 0.000000303. The van der Waals surface area contributed by atoms with E-state index < -0.39 is 10.9 Å². The number of phenolic OH excluding ortho intramolecular Hbond substituents is 1. The minimum absolute atomic E-state index is 0.0422. The second-order valence-corrected chi connectivity index (χ2v) is 8.00. The van der Waals surface area contributed by atoms with Crippen LogP contribution in [0.3, 0.4) is 0 Å². The van der Waals surface area contributed by atoms with Gasteiger partial charge in [0, 0.05) is 24.2 Å². The highest BCUT2D eigenvalue weighted by Gasteiger charge is 2.09. The molecule has 3 rings (SSSR count). The number of phenols is 1. The third-order valence-corrected chi connectivity index (χ3v) is 5.25. The average molecular weight is 501 g/mol. The summed E-state index contributed by atoms with van der Waals surface area (Å²) in [5, 5.41) is 32.1. The van der Waals surface area contributed by atoms with Crippen molar-refractivity contribution in [3.05, 3.63) is 98.3 Å². The fourth-order valence-electron chi connectivity index (χ4n) is 3.11. The Morgan fingerprint density at radius 2 is 1.86 bits per heavy atom. The summed E-state index contributed by atoms with van der Waals surface area (Å²) in [6.07, 6.45) is 3.97. The molecule has 3 N–H and O–H groups in total. The van der Waals surface area contributed by atoms with Crippen LogP contribution in [0.4, 0.5) is 15.8 Å². The molecule has 9 heteroatoms. The van der Waals surface area contributed by atoms with Crippen LogP contribution >= 0.6 is 11.6 Å². The van der Waals surface area contributed by atoms with Crippen LogP contribution in [-0.4, -0.2) is 27.7 Å². The van der Waals surface area contributed by atoms with Crippen molar-refractivity contribution in [3.8, 4) is 5.75 Å². The highest BCUT2D eigenvalue weighted by Crippen LogP contribution is 2.30. The Morgan fingerprint density at radius 3 is 2.43 bits per heavy atom. The zero-order valence-corrected chi connectivity index (χ0v) is 20.1. The minimum atomic E-state index is -1.09. The van der Waals surface area contributed by atoms with Gasteiger partial charge in [-0.05, 0) is 60.9 Å². The number of carboxylic acid groups (broad SMARTS) is 1. The number of rotatable bonds is 8. The van der Waals surface area contributed by atoms with E-state index in [9.17, 15) is 24.4 Å². The molecule has 0 bridgehead atoms. The number of unbranched alkanes of at least 4 members (excludes halogenated alkanes) is 1. The summed E-state index contributed by atoms with van der Waals surface area (Å²) in [5.41, 5.74) is 2.62. The van der Waals surface area contributed by atoms with Crippen LogP contribution in [-0.2, 0) is 0 Å². The van der Waals surface area contributed by atoms with E-state index in [1.807, 2.05) is 19.1 Å². The number of carboxylic acids is 1.